The third-order valence-electron chi connectivity index (χ3n) is 1.67. The number of hydrogen-bond donors (Lipinski definition) is 1. The fraction of sp³-hybridized carbons (Fsp3) is 0.286. The molecule has 0 fully saturated rings. The SMILES string of the molecule is COc1c(S(=O)(=O)Cl)cc(=O)[nH]c1C(F)F. The second kappa shape index (κ2) is 4.38. The number of halogens is 3. The molecular weight excluding hydrogens is 268 g/mol. The van der Waals surface area contributed by atoms with Crippen LogP contribution >= 0.6 is 10.7 Å². The van der Waals surface area contributed by atoms with Gasteiger partial charge in [-0.15, -0.1) is 0 Å². The summed E-state index contributed by atoms with van der Waals surface area (Å²) >= 11 is 0. The minimum atomic E-state index is -4.33. The fourth-order valence-electron chi connectivity index (χ4n) is 1.09. The van der Waals surface area contributed by atoms with Gasteiger partial charge in [0, 0.05) is 16.7 Å². The number of hydrogen-bond acceptors (Lipinski definition) is 4. The van der Waals surface area contributed by atoms with E-state index in [1.807, 2.05) is 0 Å². The molecule has 16 heavy (non-hydrogen) atoms. The molecule has 1 aromatic heterocycles. The summed E-state index contributed by atoms with van der Waals surface area (Å²) in [5, 5.41) is 0. The molecule has 0 aliphatic heterocycles. The highest BCUT2D eigenvalue weighted by Crippen LogP contribution is 2.32. The quantitative estimate of drug-likeness (QED) is 0.841. The van der Waals surface area contributed by atoms with Gasteiger partial charge < -0.3 is 9.72 Å². The predicted molar refractivity (Wildman–Crippen MR) is 51.6 cm³/mol. The maximum atomic E-state index is 12.5. The smallest absolute Gasteiger partial charge is 0.282 e. The van der Waals surface area contributed by atoms with Gasteiger partial charge in [0.05, 0.1) is 7.11 Å². The van der Waals surface area contributed by atoms with Crippen molar-refractivity contribution in [1.29, 1.82) is 0 Å². The van der Waals surface area contributed by atoms with Gasteiger partial charge >= 0.3 is 0 Å². The molecule has 0 atom stereocenters. The fourth-order valence-corrected chi connectivity index (χ4v) is 2.09. The van der Waals surface area contributed by atoms with E-state index in [0.29, 0.717) is 6.07 Å². The lowest BCUT2D eigenvalue weighted by Crippen LogP contribution is -2.13. The third-order valence-corrected chi connectivity index (χ3v) is 3.00. The second-order valence-corrected chi connectivity index (χ2v) is 5.22. The number of rotatable bonds is 3. The van der Waals surface area contributed by atoms with Crippen LogP contribution in [0.4, 0.5) is 8.78 Å². The standard InChI is InChI=1S/C7H6ClF2NO4S/c1-15-6-3(16(8,13)14)2-4(12)11-5(6)7(9)10/h2,7H,1H3,(H,11,12). The lowest BCUT2D eigenvalue weighted by atomic mass is 10.3. The minimum absolute atomic E-state index is 0.576. The van der Waals surface area contributed by atoms with E-state index in [4.69, 9.17) is 10.7 Å². The molecule has 1 N–H and O–H groups in total. The second-order valence-electron chi connectivity index (χ2n) is 2.68. The normalized spacial score (nSPS) is 11.8. The molecule has 90 valence electrons. The number of methoxy groups -OCH3 is 1. The largest absolute Gasteiger partial charge is 0.493 e. The van der Waals surface area contributed by atoms with Crippen LogP contribution in [0, 0.1) is 0 Å². The zero-order valence-corrected chi connectivity index (χ0v) is 9.40. The summed E-state index contributed by atoms with van der Waals surface area (Å²) in [7, 11) is 1.65. The zero-order chi connectivity index (χ0) is 12.5. The average molecular weight is 274 g/mol. The summed E-state index contributed by atoms with van der Waals surface area (Å²) in [4.78, 5) is 12.0. The Morgan fingerprint density at radius 3 is 2.44 bits per heavy atom. The highest BCUT2D eigenvalue weighted by atomic mass is 35.7. The van der Waals surface area contributed by atoms with Crippen LogP contribution in [0.25, 0.3) is 0 Å². The number of H-pyrrole nitrogens is 1. The first-order valence-corrected chi connectivity index (χ1v) is 6.12. The summed E-state index contributed by atoms with van der Waals surface area (Å²) in [6.45, 7) is 0. The molecule has 0 aromatic carbocycles. The Morgan fingerprint density at radius 2 is 2.06 bits per heavy atom. The highest BCUT2D eigenvalue weighted by molar-refractivity contribution is 8.13. The molecule has 0 aliphatic rings. The van der Waals surface area contributed by atoms with Crippen molar-refractivity contribution in [3.8, 4) is 5.75 Å². The molecule has 1 aromatic rings. The van der Waals surface area contributed by atoms with Crippen molar-refractivity contribution >= 4 is 19.7 Å². The number of pyridine rings is 1. The molecule has 0 spiro atoms. The van der Waals surface area contributed by atoms with E-state index >= 15 is 0 Å². The monoisotopic (exact) mass is 273 g/mol. The van der Waals surface area contributed by atoms with Crippen LogP contribution in [-0.4, -0.2) is 20.5 Å². The van der Waals surface area contributed by atoms with Gasteiger partial charge in [0.25, 0.3) is 15.5 Å². The topological polar surface area (TPSA) is 76.2 Å². The third kappa shape index (κ3) is 2.50. The minimum Gasteiger partial charge on any atom is -0.493 e. The van der Waals surface area contributed by atoms with Crippen molar-refractivity contribution in [1.82, 2.24) is 4.98 Å². The van der Waals surface area contributed by atoms with Gasteiger partial charge in [-0.25, -0.2) is 17.2 Å². The van der Waals surface area contributed by atoms with Gasteiger partial charge in [-0.1, -0.05) is 0 Å². The predicted octanol–water partition coefficient (Wildman–Crippen LogP) is 1.25. The Bertz CT molecular complexity index is 554. The molecule has 1 rings (SSSR count). The molecule has 0 saturated carbocycles. The molecule has 0 saturated heterocycles. The molecule has 0 bridgehead atoms. The van der Waals surface area contributed by atoms with E-state index < -0.39 is 37.4 Å². The number of aromatic nitrogens is 1. The molecule has 0 unspecified atom stereocenters. The molecule has 0 radical (unpaired) electrons. The van der Waals surface area contributed by atoms with Crippen molar-refractivity contribution in [2.75, 3.05) is 7.11 Å². The summed E-state index contributed by atoms with van der Waals surface area (Å²) in [5.74, 6) is -0.662. The van der Waals surface area contributed by atoms with Crippen molar-refractivity contribution < 1.29 is 21.9 Å². The van der Waals surface area contributed by atoms with Crippen LogP contribution in [-0.2, 0) is 9.05 Å². The van der Waals surface area contributed by atoms with E-state index in [9.17, 15) is 22.0 Å². The zero-order valence-electron chi connectivity index (χ0n) is 7.83. The Balaban J connectivity index is 3.69. The van der Waals surface area contributed by atoms with Gasteiger partial charge in [-0.2, -0.15) is 0 Å². The first kappa shape index (κ1) is 12.9. The van der Waals surface area contributed by atoms with Crippen LogP contribution in [0.5, 0.6) is 5.75 Å². The average Bonchev–Trinajstić information content (AvgIpc) is 2.14. The Labute approximate surface area is 93.4 Å². The summed E-state index contributed by atoms with van der Waals surface area (Å²) < 4.78 is 51.5. The number of alkyl halides is 2. The van der Waals surface area contributed by atoms with Gasteiger partial charge in [0.15, 0.2) is 5.75 Å². The van der Waals surface area contributed by atoms with Crippen molar-refractivity contribution in [3.05, 3.63) is 22.1 Å². The van der Waals surface area contributed by atoms with Crippen molar-refractivity contribution in [2.24, 2.45) is 0 Å². The molecule has 5 nitrogen and oxygen atoms in total. The van der Waals surface area contributed by atoms with Gasteiger partial charge in [-0.3, -0.25) is 4.79 Å². The molecule has 0 aliphatic carbocycles. The van der Waals surface area contributed by atoms with E-state index in [2.05, 4.69) is 4.74 Å². The lowest BCUT2D eigenvalue weighted by Gasteiger charge is -2.10. The summed E-state index contributed by atoms with van der Waals surface area (Å²) in [6.07, 6.45) is -3.08. The maximum Gasteiger partial charge on any atom is 0.282 e. The molecule has 0 amide bonds. The molecule has 9 heteroatoms. The Morgan fingerprint density at radius 1 is 1.50 bits per heavy atom. The number of ether oxygens (including phenoxy) is 1. The van der Waals surface area contributed by atoms with E-state index in [0.717, 1.165) is 7.11 Å². The summed E-state index contributed by atoms with van der Waals surface area (Å²) in [6, 6.07) is 0.576. The highest BCUT2D eigenvalue weighted by Gasteiger charge is 2.25. The number of nitrogens with one attached hydrogen (secondary N) is 1. The van der Waals surface area contributed by atoms with E-state index in [-0.39, 0.29) is 0 Å². The number of aromatic amines is 1. The van der Waals surface area contributed by atoms with Crippen LogP contribution in [0.2, 0.25) is 0 Å². The Kier molecular flexibility index (Phi) is 3.54. The van der Waals surface area contributed by atoms with Gasteiger partial charge in [-0.05, 0) is 0 Å². The maximum absolute atomic E-state index is 12.5. The van der Waals surface area contributed by atoms with Crippen molar-refractivity contribution in [2.45, 2.75) is 11.3 Å². The lowest BCUT2D eigenvalue weighted by molar-refractivity contribution is 0.140. The van der Waals surface area contributed by atoms with Crippen LogP contribution < -0.4 is 10.3 Å². The molecule has 1 heterocycles. The first-order chi connectivity index (χ1) is 7.27. The van der Waals surface area contributed by atoms with E-state index in [1.54, 1.807) is 4.98 Å². The summed E-state index contributed by atoms with van der Waals surface area (Å²) in [5.41, 5.74) is -1.93. The van der Waals surface area contributed by atoms with Crippen LogP contribution in [0.3, 0.4) is 0 Å². The van der Waals surface area contributed by atoms with Crippen LogP contribution in [0.1, 0.15) is 12.1 Å². The molecular formula is C7H6ClF2NO4S. The van der Waals surface area contributed by atoms with Crippen LogP contribution in [0.15, 0.2) is 15.8 Å². The Hall–Kier alpha value is -1.15. The van der Waals surface area contributed by atoms with Gasteiger partial charge in [0.2, 0.25) is 5.56 Å². The van der Waals surface area contributed by atoms with Crippen molar-refractivity contribution in [3.63, 3.8) is 0 Å². The van der Waals surface area contributed by atoms with E-state index in [1.165, 1.54) is 0 Å². The first-order valence-electron chi connectivity index (χ1n) is 3.81. The van der Waals surface area contributed by atoms with Gasteiger partial charge in [0.1, 0.15) is 10.6 Å².